The molecule has 0 saturated carbocycles. The van der Waals surface area contributed by atoms with E-state index in [4.69, 9.17) is 10.5 Å². The molecule has 94 valence electrons. The number of nitrogens with two attached hydrogens (primary N) is 1. The van der Waals surface area contributed by atoms with E-state index in [-0.39, 0.29) is 5.91 Å². The summed E-state index contributed by atoms with van der Waals surface area (Å²) in [5.74, 6) is 0.853. The third-order valence-corrected chi connectivity index (χ3v) is 2.37. The highest BCUT2D eigenvalue weighted by Crippen LogP contribution is 2.21. The first-order chi connectivity index (χ1) is 8.17. The number of carbonyl (C=O) groups excluding carboxylic acids is 1. The molecule has 0 fully saturated rings. The van der Waals surface area contributed by atoms with Crippen LogP contribution in [0.15, 0.2) is 18.2 Å². The Hall–Kier alpha value is -1.55. The Balaban J connectivity index is 2.60. The Morgan fingerprint density at radius 3 is 2.82 bits per heavy atom. The highest BCUT2D eigenvalue weighted by molar-refractivity contribution is 5.90. The van der Waals surface area contributed by atoms with Crippen LogP contribution in [0.5, 0.6) is 5.75 Å². The summed E-state index contributed by atoms with van der Waals surface area (Å²) in [6.07, 6.45) is 1.17. The van der Waals surface area contributed by atoms with Gasteiger partial charge in [-0.05, 0) is 50.6 Å². The maximum Gasteiger partial charge on any atom is 0.224 e. The summed E-state index contributed by atoms with van der Waals surface area (Å²) < 4.78 is 5.43. The van der Waals surface area contributed by atoms with E-state index in [2.05, 4.69) is 5.32 Å². The molecule has 0 aliphatic carbocycles. The largest absolute Gasteiger partial charge is 0.494 e. The average Bonchev–Trinajstić information content (AvgIpc) is 2.30. The fraction of sp³-hybridized carbons (Fsp3) is 0.462. The molecule has 1 amide bonds. The summed E-state index contributed by atoms with van der Waals surface area (Å²) in [6, 6.07) is 5.63. The van der Waals surface area contributed by atoms with Crippen LogP contribution in [-0.4, -0.2) is 19.1 Å². The topological polar surface area (TPSA) is 64.3 Å². The number of hydrogen-bond donors (Lipinski definition) is 2. The normalized spacial score (nSPS) is 10.1. The van der Waals surface area contributed by atoms with Crippen molar-refractivity contribution in [2.75, 3.05) is 18.5 Å². The molecule has 0 unspecified atom stereocenters. The van der Waals surface area contributed by atoms with Crippen molar-refractivity contribution in [3.05, 3.63) is 23.8 Å². The summed E-state index contributed by atoms with van der Waals surface area (Å²) in [4.78, 5) is 11.5. The van der Waals surface area contributed by atoms with Crippen molar-refractivity contribution in [3.8, 4) is 5.75 Å². The average molecular weight is 236 g/mol. The van der Waals surface area contributed by atoms with Gasteiger partial charge in [0.2, 0.25) is 5.91 Å². The third-order valence-electron chi connectivity index (χ3n) is 2.37. The van der Waals surface area contributed by atoms with Crippen molar-refractivity contribution in [3.63, 3.8) is 0 Å². The minimum Gasteiger partial charge on any atom is -0.494 e. The number of aryl methyl sites for hydroxylation is 1. The van der Waals surface area contributed by atoms with Gasteiger partial charge < -0.3 is 15.8 Å². The van der Waals surface area contributed by atoms with E-state index in [9.17, 15) is 4.79 Å². The molecular weight excluding hydrogens is 216 g/mol. The first-order valence-corrected chi connectivity index (χ1v) is 5.90. The van der Waals surface area contributed by atoms with Crippen molar-refractivity contribution in [2.24, 2.45) is 5.73 Å². The van der Waals surface area contributed by atoms with Crippen LogP contribution in [0.3, 0.4) is 0 Å². The Morgan fingerprint density at radius 1 is 1.47 bits per heavy atom. The summed E-state index contributed by atoms with van der Waals surface area (Å²) >= 11 is 0. The Kier molecular flexibility index (Phi) is 5.49. The lowest BCUT2D eigenvalue weighted by Gasteiger charge is -2.10. The number of rotatable bonds is 6. The number of hydrogen-bond acceptors (Lipinski definition) is 3. The van der Waals surface area contributed by atoms with Crippen LogP contribution in [0, 0.1) is 6.92 Å². The molecule has 0 spiro atoms. The zero-order chi connectivity index (χ0) is 12.7. The quantitative estimate of drug-likeness (QED) is 0.794. The summed E-state index contributed by atoms with van der Waals surface area (Å²) in [6.45, 7) is 5.08. The molecule has 0 radical (unpaired) electrons. The first kappa shape index (κ1) is 13.5. The van der Waals surface area contributed by atoms with Gasteiger partial charge in [-0.25, -0.2) is 0 Å². The molecule has 1 aromatic carbocycles. The van der Waals surface area contributed by atoms with E-state index in [1.807, 2.05) is 32.0 Å². The number of carbonyl (C=O) groups is 1. The number of anilines is 1. The highest BCUT2D eigenvalue weighted by atomic mass is 16.5. The van der Waals surface area contributed by atoms with Gasteiger partial charge in [-0.2, -0.15) is 0 Å². The fourth-order valence-electron chi connectivity index (χ4n) is 1.53. The van der Waals surface area contributed by atoms with Crippen LogP contribution >= 0.6 is 0 Å². The standard InChI is InChI=1S/C13H20N2O2/c1-3-17-12-7-6-11(9-10(12)2)15-13(16)5-4-8-14/h6-7,9H,3-5,8,14H2,1-2H3,(H,15,16). The van der Waals surface area contributed by atoms with Crippen molar-refractivity contribution in [1.82, 2.24) is 0 Å². The molecule has 1 aromatic rings. The summed E-state index contributed by atoms with van der Waals surface area (Å²) in [7, 11) is 0. The van der Waals surface area contributed by atoms with Crippen molar-refractivity contribution < 1.29 is 9.53 Å². The molecule has 0 aliphatic rings. The molecule has 0 aromatic heterocycles. The van der Waals surface area contributed by atoms with E-state index in [1.54, 1.807) is 0 Å². The van der Waals surface area contributed by atoms with Gasteiger partial charge in [0.15, 0.2) is 0 Å². The van der Waals surface area contributed by atoms with Crippen LogP contribution in [0.4, 0.5) is 5.69 Å². The second kappa shape index (κ2) is 6.91. The van der Waals surface area contributed by atoms with Crippen LogP contribution in [0.2, 0.25) is 0 Å². The Labute approximate surface area is 102 Å². The van der Waals surface area contributed by atoms with Crippen LogP contribution in [-0.2, 0) is 4.79 Å². The maximum absolute atomic E-state index is 11.5. The maximum atomic E-state index is 11.5. The predicted octanol–water partition coefficient (Wildman–Crippen LogP) is 2.07. The van der Waals surface area contributed by atoms with Crippen LogP contribution in [0.25, 0.3) is 0 Å². The molecule has 3 N–H and O–H groups in total. The van der Waals surface area contributed by atoms with Crippen LogP contribution < -0.4 is 15.8 Å². The monoisotopic (exact) mass is 236 g/mol. The Morgan fingerprint density at radius 2 is 2.24 bits per heavy atom. The zero-order valence-corrected chi connectivity index (χ0v) is 10.5. The SMILES string of the molecule is CCOc1ccc(NC(=O)CCCN)cc1C. The first-order valence-electron chi connectivity index (χ1n) is 5.90. The van der Waals surface area contributed by atoms with Gasteiger partial charge in [0.05, 0.1) is 6.61 Å². The van der Waals surface area contributed by atoms with Gasteiger partial charge in [-0.1, -0.05) is 0 Å². The van der Waals surface area contributed by atoms with E-state index in [1.165, 1.54) is 0 Å². The number of benzene rings is 1. The lowest BCUT2D eigenvalue weighted by atomic mass is 10.2. The summed E-state index contributed by atoms with van der Waals surface area (Å²) in [5.41, 5.74) is 7.17. The number of amides is 1. The molecule has 0 aliphatic heterocycles. The van der Waals surface area contributed by atoms with Crippen molar-refractivity contribution in [1.29, 1.82) is 0 Å². The lowest BCUT2D eigenvalue weighted by molar-refractivity contribution is -0.116. The molecule has 0 atom stereocenters. The van der Waals surface area contributed by atoms with E-state index in [0.29, 0.717) is 26.0 Å². The van der Waals surface area contributed by atoms with E-state index < -0.39 is 0 Å². The molecule has 4 nitrogen and oxygen atoms in total. The molecule has 1 rings (SSSR count). The van der Waals surface area contributed by atoms with Gasteiger partial charge in [0.25, 0.3) is 0 Å². The molecule has 17 heavy (non-hydrogen) atoms. The van der Waals surface area contributed by atoms with Gasteiger partial charge in [-0.15, -0.1) is 0 Å². The van der Waals surface area contributed by atoms with Crippen LogP contribution in [0.1, 0.15) is 25.3 Å². The minimum atomic E-state index is -0.000917. The molecule has 4 heteroatoms. The highest BCUT2D eigenvalue weighted by Gasteiger charge is 2.04. The minimum absolute atomic E-state index is 0.000917. The lowest BCUT2D eigenvalue weighted by Crippen LogP contribution is -2.13. The van der Waals surface area contributed by atoms with Gasteiger partial charge in [-0.3, -0.25) is 4.79 Å². The summed E-state index contributed by atoms with van der Waals surface area (Å²) in [5, 5.41) is 2.84. The fourth-order valence-corrected chi connectivity index (χ4v) is 1.53. The second-order valence-corrected chi connectivity index (χ2v) is 3.85. The molecule has 0 heterocycles. The Bertz CT molecular complexity index is 378. The van der Waals surface area contributed by atoms with E-state index in [0.717, 1.165) is 17.0 Å². The predicted molar refractivity (Wildman–Crippen MR) is 69.3 cm³/mol. The van der Waals surface area contributed by atoms with Crippen molar-refractivity contribution >= 4 is 11.6 Å². The molecular formula is C13H20N2O2. The second-order valence-electron chi connectivity index (χ2n) is 3.85. The van der Waals surface area contributed by atoms with E-state index >= 15 is 0 Å². The smallest absolute Gasteiger partial charge is 0.224 e. The number of ether oxygens (including phenoxy) is 1. The van der Waals surface area contributed by atoms with Crippen molar-refractivity contribution in [2.45, 2.75) is 26.7 Å². The molecule has 0 bridgehead atoms. The zero-order valence-electron chi connectivity index (χ0n) is 10.5. The van der Waals surface area contributed by atoms with Gasteiger partial charge in [0, 0.05) is 12.1 Å². The van der Waals surface area contributed by atoms with Gasteiger partial charge in [0.1, 0.15) is 5.75 Å². The third kappa shape index (κ3) is 4.44. The molecule has 0 saturated heterocycles. The number of nitrogens with one attached hydrogen (secondary N) is 1. The van der Waals surface area contributed by atoms with Gasteiger partial charge >= 0.3 is 0 Å².